The molecule has 2 aromatic carbocycles. The van der Waals surface area contributed by atoms with Gasteiger partial charge < -0.3 is 20.3 Å². The Morgan fingerprint density at radius 1 is 0.968 bits per heavy atom. The molecule has 3 heterocycles. The molecular weight excluding hydrogens is 414 g/mol. The van der Waals surface area contributed by atoms with Crippen LogP contribution in [0, 0.1) is 0 Å². The van der Waals surface area contributed by atoms with Gasteiger partial charge in [0.05, 0.1) is 36.8 Å². The standard InChI is InChI=1S/C21H19N7O2S/c29-21(14-1-6-18-19(11-14)27-31-26-18)24-16-4-2-15(3-5-16)23-20-12-17(13-22-25-20)28-7-9-30-10-8-28/h1-6,11-13H,7-10H2,(H,23,25)(H,24,29). The van der Waals surface area contributed by atoms with E-state index in [2.05, 4.69) is 34.5 Å². The molecule has 2 aromatic heterocycles. The van der Waals surface area contributed by atoms with Gasteiger partial charge in [-0.25, -0.2) is 0 Å². The highest BCUT2D eigenvalue weighted by Gasteiger charge is 2.13. The molecule has 1 amide bonds. The molecule has 4 aromatic rings. The van der Waals surface area contributed by atoms with Crippen molar-refractivity contribution in [1.82, 2.24) is 18.9 Å². The summed E-state index contributed by atoms with van der Waals surface area (Å²) in [5.41, 5.74) is 4.60. The maximum absolute atomic E-state index is 12.5. The number of hydrogen-bond donors (Lipinski definition) is 2. The summed E-state index contributed by atoms with van der Waals surface area (Å²) >= 11 is 1.13. The Kier molecular flexibility index (Phi) is 5.38. The average Bonchev–Trinajstić information content (AvgIpc) is 3.29. The van der Waals surface area contributed by atoms with Crippen molar-refractivity contribution in [3.05, 3.63) is 60.3 Å². The molecule has 10 heteroatoms. The molecule has 1 aliphatic rings. The molecule has 9 nitrogen and oxygen atoms in total. The molecule has 0 bridgehead atoms. The topological polar surface area (TPSA) is 105 Å². The van der Waals surface area contributed by atoms with E-state index >= 15 is 0 Å². The predicted molar refractivity (Wildman–Crippen MR) is 120 cm³/mol. The van der Waals surface area contributed by atoms with Crippen LogP contribution in [-0.2, 0) is 4.74 Å². The number of nitrogens with zero attached hydrogens (tertiary/aromatic N) is 5. The largest absolute Gasteiger partial charge is 0.378 e. The van der Waals surface area contributed by atoms with Crippen LogP contribution in [0.3, 0.4) is 0 Å². The molecule has 31 heavy (non-hydrogen) atoms. The summed E-state index contributed by atoms with van der Waals surface area (Å²) in [7, 11) is 0. The minimum absolute atomic E-state index is 0.195. The fourth-order valence-corrected chi connectivity index (χ4v) is 3.84. The van der Waals surface area contributed by atoms with Crippen molar-refractivity contribution in [1.29, 1.82) is 0 Å². The Labute approximate surface area is 182 Å². The number of hydrogen-bond acceptors (Lipinski definition) is 9. The minimum Gasteiger partial charge on any atom is -0.378 e. The lowest BCUT2D eigenvalue weighted by Gasteiger charge is -2.28. The molecule has 0 atom stereocenters. The lowest BCUT2D eigenvalue weighted by molar-refractivity contribution is 0.102. The van der Waals surface area contributed by atoms with Gasteiger partial charge in [-0.2, -0.15) is 13.8 Å². The van der Waals surface area contributed by atoms with Crippen LogP contribution in [0.5, 0.6) is 0 Å². The Hall–Kier alpha value is -3.63. The van der Waals surface area contributed by atoms with Gasteiger partial charge in [0.25, 0.3) is 5.91 Å². The zero-order valence-electron chi connectivity index (χ0n) is 16.5. The number of rotatable bonds is 5. The summed E-state index contributed by atoms with van der Waals surface area (Å²) in [6.45, 7) is 3.11. The van der Waals surface area contributed by atoms with Crippen LogP contribution in [0.2, 0.25) is 0 Å². The maximum Gasteiger partial charge on any atom is 0.255 e. The van der Waals surface area contributed by atoms with Crippen LogP contribution in [0.1, 0.15) is 10.4 Å². The van der Waals surface area contributed by atoms with Crippen molar-refractivity contribution in [2.45, 2.75) is 0 Å². The molecule has 156 valence electrons. The van der Waals surface area contributed by atoms with Crippen LogP contribution in [0.4, 0.5) is 22.9 Å². The molecule has 1 saturated heterocycles. The van der Waals surface area contributed by atoms with Crippen molar-refractivity contribution >= 4 is 51.5 Å². The molecule has 0 aliphatic carbocycles. The van der Waals surface area contributed by atoms with Crippen molar-refractivity contribution in [2.75, 3.05) is 41.8 Å². The SMILES string of the molecule is O=C(Nc1ccc(Nc2cc(N3CCOCC3)cnn2)cc1)c1ccc2nsnc2c1. The molecule has 1 fully saturated rings. The fourth-order valence-electron chi connectivity index (χ4n) is 3.32. The smallest absolute Gasteiger partial charge is 0.255 e. The third kappa shape index (κ3) is 4.44. The lowest BCUT2D eigenvalue weighted by Crippen LogP contribution is -2.36. The van der Waals surface area contributed by atoms with Crippen LogP contribution in [-0.4, -0.2) is 51.2 Å². The van der Waals surface area contributed by atoms with E-state index in [1.165, 1.54) is 0 Å². The van der Waals surface area contributed by atoms with E-state index in [9.17, 15) is 4.79 Å². The van der Waals surface area contributed by atoms with Gasteiger partial charge >= 0.3 is 0 Å². The van der Waals surface area contributed by atoms with E-state index in [1.807, 2.05) is 30.3 Å². The highest BCUT2D eigenvalue weighted by Crippen LogP contribution is 2.22. The summed E-state index contributed by atoms with van der Waals surface area (Å²) in [6.07, 6.45) is 1.76. The van der Waals surface area contributed by atoms with E-state index < -0.39 is 0 Å². The van der Waals surface area contributed by atoms with Crippen LogP contribution < -0.4 is 15.5 Å². The second-order valence-corrected chi connectivity index (χ2v) is 7.55. The van der Waals surface area contributed by atoms with E-state index in [4.69, 9.17) is 4.74 Å². The predicted octanol–water partition coefficient (Wildman–Crippen LogP) is 3.31. The molecule has 0 unspecified atom stereocenters. The Bertz CT molecular complexity index is 1210. The third-order valence-electron chi connectivity index (χ3n) is 4.95. The second-order valence-electron chi connectivity index (χ2n) is 7.02. The van der Waals surface area contributed by atoms with Crippen LogP contribution >= 0.6 is 11.7 Å². The van der Waals surface area contributed by atoms with E-state index in [0.717, 1.165) is 47.2 Å². The first kappa shape index (κ1) is 19.3. The normalized spacial score (nSPS) is 13.9. The second kappa shape index (κ2) is 8.62. The zero-order chi connectivity index (χ0) is 21.0. The van der Waals surface area contributed by atoms with Gasteiger partial charge in [-0.05, 0) is 42.5 Å². The van der Waals surface area contributed by atoms with Gasteiger partial charge in [-0.15, -0.1) is 5.10 Å². The number of benzene rings is 2. The van der Waals surface area contributed by atoms with Gasteiger partial charge in [-0.3, -0.25) is 4.79 Å². The van der Waals surface area contributed by atoms with E-state index in [1.54, 1.807) is 24.4 Å². The van der Waals surface area contributed by atoms with Crippen LogP contribution in [0.15, 0.2) is 54.7 Å². The van der Waals surface area contributed by atoms with Crippen molar-refractivity contribution in [3.63, 3.8) is 0 Å². The quantitative estimate of drug-likeness (QED) is 0.494. The zero-order valence-corrected chi connectivity index (χ0v) is 17.3. The van der Waals surface area contributed by atoms with Gasteiger partial charge in [0.1, 0.15) is 11.0 Å². The summed E-state index contributed by atoms with van der Waals surface area (Å²) in [5, 5.41) is 14.4. The Morgan fingerprint density at radius 2 is 1.74 bits per heavy atom. The van der Waals surface area contributed by atoms with Gasteiger partial charge in [0, 0.05) is 36.1 Å². The van der Waals surface area contributed by atoms with Crippen molar-refractivity contribution in [3.8, 4) is 0 Å². The lowest BCUT2D eigenvalue weighted by atomic mass is 10.2. The monoisotopic (exact) mass is 433 g/mol. The first-order valence-electron chi connectivity index (χ1n) is 9.81. The highest BCUT2D eigenvalue weighted by atomic mass is 32.1. The number of anilines is 4. The molecule has 0 spiro atoms. The highest BCUT2D eigenvalue weighted by molar-refractivity contribution is 7.00. The fraction of sp³-hybridized carbons (Fsp3) is 0.190. The summed E-state index contributed by atoms with van der Waals surface area (Å²) < 4.78 is 13.7. The number of amides is 1. The number of fused-ring (bicyclic) bond motifs is 1. The van der Waals surface area contributed by atoms with E-state index in [0.29, 0.717) is 30.3 Å². The first-order valence-corrected chi connectivity index (χ1v) is 10.5. The maximum atomic E-state index is 12.5. The Morgan fingerprint density at radius 3 is 2.58 bits per heavy atom. The summed E-state index contributed by atoms with van der Waals surface area (Å²) in [6, 6.07) is 14.7. The molecule has 5 rings (SSSR count). The Balaban J connectivity index is 1.24. The first-order chi connectivity index (χ1) is 15.2. The van der Waals surface area contributed by atoms with Crippen molar-refractivity contribution < 1.29 is 9.53 Å². The number of nitrogens with one attached hydrogen (secondary N) is 2. The van der Waals surface area contributed by atoms with Gasteiger partial charge in [0.15, 0.2) is 5.82 Å². The van der Waals surface area contributed by atoms with Gasteiger partial charge in [-0.1, -0.05) is 0 Å². The molecule has 0 saturated carbocycles. The van der Waals surface area contributed by atoms with Crippen LogP contribution in [0.25, 0.3) is 11.0 Å². The van der Waals surface area contributed by atoms with Gasteiger partial charge in [0.2, 0.25) is 0 Å². The molecule has 2 N–H and O–H groups in total. The minimum atomic E-state index is -0.195. The summed E-state index contributed by atoms with van der Waals surface area (Å²) in [5.74, 6) is 0.464. The number of aromatic nitrogens is 4. The third-order valence-corrected chi connectivity index (χ3v) is 5.50. The average molecular weight is 433 g/mol. The number of carbonyl (C=O) groups is 1. The summed E-state index contributed by atoms with van der Waals surface area (Å²) in [4.78, 5) is 14.8. The van der Waals surface area contributed by atoms with E-state index in [-0.39, 0.29) is 5.91 Å². The number of morpholine rings is 1. The molecular formula is C21H19N7O2S. The number of carbonyl (C=O) groups excluding carboxylic acids is 1. The van der Waals surface area contributed by atoms with Crippen molar-refractivity contribution in [2.24, 2.45) is 0 Å². The molecule has 1 aliphatic heterocycles. The number of ether oxygens (including phenoxy) is 1. The molecule has 0 radical (unpaired) electrons.